The predicted molar refractivity (Wildman–Crippen MR) is 58.2 cm³/mol. The van der Waals surface area contributed by atoms with Gasteiger partial charge in [-0.3, -0.25) is 0 Å². The van der Waals surface area contributed by atoms with Gasteiger partial charge in [-0.2, -0.15) is 0 Å². The maximum absolute atomic E-state index is 12.9. The van der Waals surface area contributed by atoms with Gasteiger partial charge in [0.05, 0.1) is 0 Å². The Labute approximate surface area is 94.3 Å². The molecule has 1 fully saturated rings. The van der Waals surface area contributed by atoms with E-state index in [1.54, 1.807) is 6.07 Å². The number of nitrogens with one attached hydrogen (secondary N) is 1. The van der Waals surface area contributed by atoms with Gasteiger partial charge in [0.15, 0.2) is 11.6 Å². The van der Waals surface area contributed by atoms with Crippen LogP contribution >= 0.6 is 12.4 Å². The Hall–Kier alpha value is -0.670. The molecular weight excluding hydrogens is 220 g/mol. The van der Waals surface area contributed by atoms with Crippen molar-refractivity contribution in [1.29, 1.82) is 0 Å². The van der Waals surface area contributed by atoms with Crippen LogP contribution in [-0.2, 0) is 0 Å². The first kappa shape index (κ1) is 12.4. The molecule has 0 aliphatic carbocycles. The summed E-state index contributed by atoms with van der Waals surface area (Å²) in [6.07, 6.45) is 2.08. The van der Waals surface area contributed by atoms with Gasteiger partial charge in [0.1, 0.15) is 0 Å². The number of rotatable bonds is 1. The molecule has 0 spiro atoms. The minimum absolute atomic E-state index is 0. The third kappa shape index (κ3) is 2.67. The smallest absolute Gasteiger partial charge is 0.159 e. The van der Waals surface area contributed by atoms with Gasteiger partial charge >= 0.3 is 0 Å². The van der Waals surface area contributed by atoms with E-state index < -0.39 is 11.6 Å². The van der Waals surface area contributed by atoms with Gasteiger partial charge in [-0.05, 0) is 37.5 Å². The van der Waals surface area contributed by atoms with E-state index in [1.165, 1.54) is 12.1 Å². The Balaban J connectivity index is 0.00000112. The molecule has 2 atom stereocenters. The second-order valence-corrected chi connectivity index (χ2v) is 3.87. The quantitative estimate of drug-likeness (QED) is 0.786. The van der Waals surface area contributed by atoms with Gasteiger partial charge in [-0.15, -0.1) is 12.4 Å². The van der Waals surface area contributed by atoms with Crippen LogP contribution in [0.3, 0.4) is 0 Å². The molecule has 1 N–H and O–H groups in total. The summed E-state index contributed by atoms with van der Waals surface area (Å²) >= 11 is 0. The summed E-state index contributed by atoms with van der Waals surface area (Å²) < 4.78 is 25.6. The highest BCUT2D eigenvalue weighted by Gasteiger charge is 2.22. The Morgan fingerprint density at radius 2 is 1.93 bits per heavy atom. The van der Waals surface area contributed by atoms with Gasteiger partial charge in [-0.25, -0.2) is 8.78 Å². The summed E-state index contributed by atoms with van der Waals surface area (Å²) in [5.41, 5.74) is 0.841. The Morgan fingerprint density at radius 1 is 1.20 bits per heavy atom. The molecule has 0 saturated carbocycles. The van der Waals surface area contributed by atoms with Crippen LogP contribution in [0, 0.1) is 11.6 Å². The lowest BCUT2D eigenvalue weighted by Gasteiger charge is -2.12. The maximum Gasteiger partial charge on any atom is 0.159 e. The second-order valence-electron chi connectivity index (χ2n) is 3.87. The van der Waals surface area contributed by atoms with Crippen LogP contribution in [0.5, 0.6) is 0 Å². The molecule has 4 heteroatoms. The van der Waals surface area contributed by atoms with E-state index in [2.05, 4.69) is 12.2 Å². The molecule has 1 heterocycles. The molecule has 15 heavy (non-hydrogen) atoms. The van der Waals surface area contributed by atoms with Crippen LogP contribution in [0.1, 0.15) is 31.4 Å². The zero-order valence-electron chi connectivity index (χ0n) is 8.47. The van der Waals surface area contributed by atoms with Crippen LogP contribution in [0.2, 0.25) is 0 Å². The summed E-state index contributed by atoms with van der Waals surface area (Å²) in [5, 5.41) is 3.33. The molecule has 1 aliphatic heterocycles. The highest BCUT2D eigenvalue weighted by molar-refractivity contribution is 5.85. The van der Waals surface area contributed by atoms with E-state index in [9.17, 15) is 8.78 Å². The van der Waals surface area contributed by atoms with E-state index >= 15 is 0 Å². The summed E-state index contributed by atoms with van der Waals surface area (Å²) in [5.74, 6) is -1.54. The fourth-order valence-corrected chi connectivity index (χ4v) is 1.92. The molecule has 84 valence electrons. The van der Waals surface area contributed by atoms with Crippen molar-refractivity contribution < 1.29 is 8.78 Å². The molecule has 1 aromatic rings. The lowest BCUT2D eigenvalue weighted by Crippen LogP contribution is -2.20. The summed E-state index contributed by atoms with van der Waals surface area (Å²) in [4.78, 5) is 0. The predicted octanol–water partition coefficient (Wildman–Crippen LogP) is 3.20. The first-order valence-electron chi connectivity index (χ1n) is 4.88. The molecule has 1 saturated heterocycles. The van der Waals surface area contributed by atoms with Crippen LogP contribution < -0.4 is 5.32 Å². The maximum atomic E-state index is 12.9. The van der Waals surface area contributed by atoms with Crippen LogP contribution in [0.4, 0.5) is 8.78 Å². The fourth-order valence-electron chi connectivity index (χ4n) is 1.92. The van der Waals surface area contributed by atoms with Crippen LogP contribution in [0.25, 0.3) is 0 Å². The zero-order valence-corrected chi connectivity index (χ0v) is 9.28. The van der Waals surface area contributed by atoms with Crippen molar-refractivity contribution in [3.8, 4) is 0 Å². The lowest BCUT2D eigenvalue weighted by molar-refractivity contribution is 0.502. The molecule has 1 aromatic carbocycles. The van der Waals surface area contributed by atoms with Crippen molar-refractivity contribution in [1.82, 2.24) is 5.32 Å². The van der Waals surface area contributed by atoms with Crippen molar-refractivity contribution in [2.75, 3.05) is 0 Å². The molecule has 2 rings (SSSR count). The second kappa shape index (κ2) is 4.90. The topological polar surface area (TPSA) is 12.0 Å². The van der Waals surface area contributed by atoms with E-state index in [1.807, 2.05) is 0 Å². The lowest BCUT2D eigenvalue weighted by atomic mass is 10.1. The monoisotopic (exact) mass is 233 g/mol. The average Bonchev–Trinajstić information content (AvgIpc) is 2.57. The molecule has 0 amide bonds. The van der Waals surface area contributed by atoms with Gasteiger partial charge in [0.2, 0.25) is 0 Å². The van der Waals surface area contributed by atoms with Crippen molar-refractivity contribution in [3.63, 3.8) is 0 Å². The SMILES string of the molecule is C[C@H]1CC[C@@H](c2ccc(F)c(F)c2)N1.Cl. The van der Waals surface area contributed by atoms with Crippen LogP contribution in [-0.4, -0.2) is 6.04 Å². The first-order chi connectivity index (χ1) is 6.66. The molecule has 0 unspecified atom stereocenters. The Kier molecular flexibility index (Phi) is 4.05. The highest BCUT2D eigenvalue weighted by atomic mass is 35.5. The summed E-state index contributed by atoms with van der Waals surface area (Å²) in [7, 11) is 0. The number of hydrogen-bond donors (Lipinski definition) is 1. The molecule has 1 aliphatic rings. The van der Waals surface area contributed by atoms with E-state index in [-0.39, 0.29) is 18.4 Å². The van der Waals surface area contributed by atoms with Gasteiger partial charge < -0.3 is 5.32 Å². The fraction of sp³-hybridized carbons (Fsp3) is 0.455. The number of halogens is 3. The molecule has 1 nitrogen and oxygen atoms in total. The molecule has 0 bridgehead atoms. The highest BCUT2D eigenvalue weighted by Crippen LogP contribution is 2.26. The number of hydrogen-bond acceptors (Lipinski definition) is 1. The third-order valence-corrected chi connectivity index (χ3v) is 2.72. The van der Waals surface area contributed by atoms with Crippen LogP contribution in [0.15, 0.2) is 18.2 Å². The molecular formula is C11H14ClF2N. The van der Waals surface area contributed by atoms with Gasteiger partial charge in [0.25, 0.3) is 0 Å². The zero-order chi connectivity index (χ0) is 10.1. The standard InChI is InChI=1S/C11H13F2N.ClH/c1-7-2-5-11(14-7)8-3-4-9(12)10(13)6-8;/h3-4,6-7,11,14H,2,5H2,1H3;1H/t7-,11-;/m0./s1. The van der Waals surface area contributed by atoms with E-state index in [0.29, 0.717) is 6.04 Å². The summed E-state index contributed by atoms with van der Waals surface area (Å²) in [6.45, 7) is 2.10. The largest absolute Gasteiger partial charge is 0.307 e. The number of benzene rings is 1. The van der Waals surface area contributed by atoms with E-state index in [4.69, 9.17) is 0 Å². The minimum Gasteiger partial charge on any atom is -0.307 e. The van der Waals surface area contributed by atoms with Gasteiger partial charge in [-0.1, -0.05) is 6.07 Å². The summed E-state index contributed by atoms with van der Waals surface area (Å²) in [6, 6.07) is 4.77. The molecule has 0 radical (unpaired) electrons. The Morgan fingerprint density at radius 3 is 2.47 bits per heavy atom. The van der Waals surface area contributed by atoms with Crippen molar-refractivity contribution in [2.24, 2.45) is 0 Å². The van der Waals surface area contributed by atoms with Gasteiger partial charge in [0, 0.05) is 12.1 Å². The molecule has 0 aromatic heterocycles. The van der Waals surface area contributed by atoms with E-state index in [0.717, 1.165) is 18.4 Å². The van der Waals surface area contributed by atoms with Crippen molar-refractivity contribution in [2.45, 2.75) is 31.8 Å². The Bertz CT molecular complexity index is 343. The first-order valence-corrected chi connectivity index (χ1v) is 4.88. The third-order valence-electron chi connectivity index (χ3n) is 2.72. The van der Waals surface area contributed by atoms with Crippen molar-refractivity contribution in [3.05, 3.63) is 35.4 Å². The normalized spacial score (nSPS) is 25.0. The van der Waals surface area contributed by atoms with Crippen molar-refractivity contribution >= 4 is 12.4 Å². The average molecular weight is 234 g/mol. The minimum atomic E-state index is -0.778.